The molecule has 36 heavy (non-hydrogen) atoms. The molecule has 186 valence electrons. The Kier molecular flexibility index (Phi) is 6.79. The van der Waals surface area contributed by atoms with Crippen molar-refractivity contribution < 1.29 is 9.59 Å². The molecule has 0 bridgehead atoms. The minimum absolute atomic E-state index is 0.0135. The second-order valence-electron chi connectivity index (χ2n) is 9.26. The molecule has 0 atom stereocenters. The zero-order valence-corrected chi connectivity index (χ0v) is 20.4. The summed E-state index contributed by atoms with van der Waals surface area (Å²) in [4.78, 5) is 39.6. The molecular formula is C27H30N6O3. The van der Waals surface area contributed by atoms with Crippen LogP contribution in [-0.4, -0.2) is 43.3 Å². The third-order valence-electron chi connectivity index (χ3n) is 6.82. The molecule has 4 heterocycles. The summed E-state index contributed by atoms with van der Waals surface area (Å²) >= 11 is 0. The summed E-state index contributed by atoms with van der Waals surface area (Å²) in [5.41, 5.74) is 7.84. The van der Waals surface area contributed by atoms with Gasteiger partial charge in [0.2, 0.25) is 11.8 Å². The Morgan fingerprint density at radius 3 is 2.64 bits per heavy atom. The molecule has 2 amide bonds. The quantitative estimate of drug-likeness (QED) is 0.555. The van der Waals surface area contributed by atoms with Gasteiger partial charge in [-0.05, 0) is 54.7 Å². The molecule has 1 aromatic carbocycles. The zero-order chi connectivity index (χ0) is 25.1. The van der Waals surface area contributed by atoms with Crippen molar-refractivity contribution >= 4 is 17.5 Å². The van der Waals surface area contributed by atoms with Crippen LogP contribution in [0.2, 0.25) is 0 Å². The van der Waals surface area contributed by atoms with E-state index < -0.39 is 0 Å². The first-order valence-electron chi connectivity index (χ1n) is 12.5. The van der Waals surface area contributed by atoms with Gasteiger partial charge in [0.15, 0.2) is 0 Å². The molecule has 9 nitrogen and oxygen atoms in total. The minimum atomic E-state index is -0.0809. The van der Waals surface area contributed by atoms with Gasteiger partial charge in [0.25, 0.3) is 5.56 Å². The lowest BCUT2D eigenvalue weighted by Crippen LogP contribution is -2.39. The first kappa shape index (κ1) is 23.7. The fourth-order valence-electron chi connectivity index (χ4n) is 4.91. The first-order valence-corrected chi connectivity index (χ1v) is 12.5. The Balaban J connectivity index is 1.38. The predicted molar refractivity (Wildman–Crippen MR) is 137 cm³/mol. The molecule has 2 aliphatic rings. The monoisotopic (exact) mass is 486 g/mol. The Bertz CT molecular complexity index is 1360. The van der Waals surface area contributed by atoms with E-state index in [4.69, 9.17) is 0 Å². The second-order valence-corrected chi connectivity index (χ2v) is 9.26. The molecule has 9 heteroatoms. The van der Waals surface area contributed by atoms with Crippen LogP contribution < -0.4 is 11.0 Å². The van der Waals surface area contributed by atoms with Crippen molar-refractivity contribution in [1.82, 2.24) is 24.7 Å². The average molecular weight is 487 g/mol. The SMILES string of the molecule is CCCn1c2c(cc(-c3ccc(-n4cccn4)cc3)c1=O)CN(C(=O)CCC1=NNC(=O)CC1)CC2. The first-order chi connectivity index (χ1) is 17.5. The molecule has 0 radical (unpaired) electrons. The largest absolute Gasteiger partial charge is 0.338 e. The lowest BCUT2D eigenvalue weighted by molar-refractivity contribution is -0.132. The summed E-state index contributed by atoms with van der Waals surface area (Å²) in [6.45, 7) is 3.80. The lowest BCUT2D eigenvalue weighted by atomic mass is 9.98. The van der Waals surface area contributed by atoms with Gasteiger partial charge < -0.3 is 9.47 Å². The number of carbonyl (C=O) groups is 2. The van der Waals surface area contributed by atoms with E-state index in [1.165, 1.54) is 0 Å². The minimum Gasteiger partial charge on any atom is -0.338 e. The van der Waals surface area contributed by atoms with Crippen molar-refractivity contribution in [1.29, 1.82) is 0 Å². The average Bonchev–Trinajstić information content (AvgIpc) is 3.45. The Labute approximate surface area is 209 Å². The smallest absolute Gasteiger partial charge is 0.258 e. The Hall–Kier alpha value is -4.01. The summed E-state index contributed by atoms with van der Waals surface area (Å²) < 4.78 is 3.68. The van der Waals surface area contributed by atoms with Crippen molar-refractivity contribution in [3.63, 3.8) is 0 Å². The highest BCUT2D eigenvalue weighted by Crippen LogP contribution is 2.25. The van der Waals surface area contributed by atoms with Crippen LogP contribution in [0.3, 0.4) is 0 Å². The van der Waals surface area contributed by atoms with E-state index in [0.717, 1.165) is 34.6 Å². The molecule has 0 unspecified atom stereocenters. The maximum absolute atomic E-state index is 13.5. The number of benzene rings is 1. The van der Waals surface area contributed by atoms with Crippen LogP contribution in [0.15, 0.2) is 58.7 Å². The van der Waals surface area contributed by atoms with E-state index in [-0.39, 0.29) is 17.4 Å². The van der Waals surface area contributed by atoms with Crippen LogP contribution >= 0.6 is 0 Å². The summed E-state index contributed by atoms with van der Waals surface area (Å²) in [5.74, 6) is -0.0127. The van der Waals surface area contributed by atoms with Crippen LogP contribution in [0.5, 0.6) is 0 Å². The van der Waals surface area contributed by atoms with Crippen molar-refractivity contribution in [2.45, 2.75) is 58.5 Å². The number of carbonyl (C=O) groups excluding carboxylic acids is 2. The number of fused-ring (bicyclic) bond motifs is 1. The Morgan fingerprint density at radius 1 is 1.11 bits per heavy atom. The normalized spacial score (nSPS) is 15.3. The van der Waals surface area contributed by atoms with Gasteiger partial charge in [0.1, 0.15) is 0 Å². The number of pyridine rings is 1. The van der Waals surface area contributed by atoms with Gasteiger partial charge in [-0.25, -0.2) is 10.1 Å². The number of aromatic nitrogens is 3. The maximum Gasteiger partial charge on any atom is 0.258 e. The van der Waals surface area contributed by atoms with Crippen molar-refractivity contribution in [3.05, 3.63) is 70.4 Å². The maximum atomic E-state index is 13.5. The molecular weight excluding hydrogens is 456 g/mol. The second kappa shape index (κ2) is 10.3. The molecule has 0 saturated carbocycles. The van der Waals surface area contributed by atoms with Crippen LogP contribution in [0.4, 0.5) is 0 Å². The molecule has 0 saturated heterocycles. The van der Waals surface area contributed by atoms with Crippen molar-refractivity contribution in [3.8, 4) is 16.8 Å². The summed E-state index contributed by atoms with van der Waals surface area (Å²) in [5, 5.41) is 8.34. The van der Waals surface area contributed by atoms with E-state index in [2.05, 4.69) is 22.5 Å². The van der Waals surface area contributed by atoms with Crippen molar-refractivity contribution in [2.24, 2.45) is 5.10 Å². The van der Waals surface area contributed by atoms with E-state index >= 15 is 0 Å². The molecule has 0 aliphatic carbocycles. The van der Waals surface area contributed by atoms with E-state index in [9.17, 15) is 14.4 Å². The summed E-state index contributed by atoms with van der Waals surface area (Å²) in [7, 11) is 0. The van der Waals surface area contributed by atoms with E-state index in [0.29, 0.717) is 57.3 Å². The number of hydrogen-bond acceptors (Lipinski definition) is 5. The fraction of sp³-hybridized carbons (Fsp3) is 0.370. The van der Waals surface area contributed by atoms with Crippen LogP contribution in [0, 0.1) is 0 Å². The van der Waals surface area contributed by atoms with Gasteiger partial charge in [-0.1, -0.05) is 19.1 Å². The third kappa shape index (κ3) is 4.86. The van der Waals surface area contributed by atoms with Crippen LogP contribution in [-0.2, 0) is 29.1 Å². The van der Waals surface area contributed by atoms with Gasteiger partial charge in [-0.15, -0.1) is 0 Å². The Morgan fingerprint density at radius 2 is 1.94 bits per heavy atom. The van der Waals surface area contributed by atoms with Gasteiger partial charge in [0.05, 0.1) is 5.69 Å². The highest BCUT2D eigenvalue weighted by atomic mass is 16.2. The lowest BCUT2D eigenvalue weighted by Gasteiger charge is -2.31. The topological polar surface area (TPSA) is 102 Å². The highest BCUT2D eigenvalue weighted by Gasteiger charge is 2.25. The molecule has 2 aliphatic heterocycles. The number of amides is 2. The molecule has 3 aromatic rings. The zero-order valence-electron chi connectivity index (χ0n) is 20.4. The predicted octanol–water partition coefficient (Wildman–Crippen LogP) is 3.04. The number of nitrogens with zero attached hydrogens (tertiary/aromatic N) is 5. The van der Waals surface area contributed by atoms with Crippen LogP contribution in [0.1, 0.15) is 50.3 Å². The number of hydrazone groups is 1. The van der Waals surface area contributed by atoms with Gasteiger partial charge in [-0.2, -0.15) is 10.2 Å². The fourth-order valence-corrected chi connectivity index (χ4v) is 4.91. The molecule has 0 fully saturated rings. The molecule has 1 N–H and O–H groups in total. The van der Waals surface area contributed by atoms with Crippen molar-refractivity contribution in [2.75, 3.05) is 6.54 Å². The van der Waals surface area contributed by atoms with Crippen LogP contribution in [0.25, 0.3) is 16.8 Å². The van der Waals surface area contributed by atoms with Gasteiger partial charge >= 0.3 is 0 Å². The van der Waals surface area contributed by atoms with E-state index in [1.54, 1.807) is 10.9 Å². The highest BCUT2D eigenvalue weighted by molar-refractivity contribution is 5.94. The standard InChI is InChI=1S/C27H30N6O3/c1-2-14-32-24-12-16-31(26(35)11-7-21-6-10-25(34)30-29-21)18-20(24)17-23(27(32)36)19-4-8-22(9-5-19)33-15-3-13-28-33/h3-5,8-9,13,15,17H,2,6-7,10-12,14,16,18H2,1H3,(H,30,34). The summed E-state index contributed by atoms with van der Waals surface area (Å²) in [6, 6.07) is 11.6. The number of hydrogen-bond donors (Lipinski definition) is 1. The van der Waals surface area contributed by atoms with Gasteiger partial charge in [-0.3, -0.25) is 14.4 Å². The molecule has 5 rings (SSSR count). The number of rotatable bonds is 7. The molecule has 0 spiro atoms. The van der Waals surface area contributed by atoms with Gasteiger partial charge in [0, 0.05) is 68.3 Å². The number of nitrogens with one attached hydrogen (secondary N) is 1. The van der Waals surface area contributed by atoms with E-state index in [1.807, 2.05) is 52.1 Å². The molecule has 2 aromatic heterocycles. The summed E-state index contributed by atoms with van der Waals surface area (Å²) in [6.07, 6.45) is 7.06. The third-order valence-corrected chi connectivity index (χ3v) is 6.82.